The summed E-state index contributed by atoms with van der Waals surface area (Å²) < 4.78 is 0. The molecule has 3 nitrogen and oxygen atoms in total. The summed E-state index contributed by atoms with van der Waals surface area (Å²) in [5.41, 5.74) is 5.88. The zero-order valence-corrected chi connectivity index (χ0v) is 11.1. The Hall–Kier alpha value is -0.930. The minimum absolute atomic E-state index is 0.636. The van der Waals surface area contributed by atoms with Crippen molar-refractivity contribution in [2.24, 2.45) is 0 Å². The zero-order chi connectivity index (χ0) is 12.3. The molecule has 94 valence electrons. The first kappa shape index (κ1) is 12.5. The maximum Gasteiger partial charge on any atom is 0.0372 e. The molecule has 1 N–H and O–H groups in total. The molecule has 0 saturated carbocycles. The number of aryl methyl sites for hydroxylation is 1. The molecule has 0 spiro atoms. The SMILES string of the molecule is Cc1ccc(CNN2C(C)CCCC2C)cn1. The van der Waals surface area contributed by atoms with Crippen LogP contribution < -0.4 is 5.43 Å². The van der Waals surface area contributed by atoms with Gasteiger partial charge in [0.2, 0.25) is 0 Å². The van der Waals surface area contributed by atoms with Crippen LogP contribution in [0.25, 0.3) is 0 Å². The fourth-order valence-corrected chi connectivity index (χ4v) is 2.52. The van der Waals surface area contributed by atoms with E-state index in [0.717, 1.165) is 12.2 Å². The Balaban J connectivity index is 1.90. The highest BCUT2D eigenvalue weighted by Crippen LogP contribution is 2.20. The number of hydrogen-bond donors (Lipinski definition) is 1. The summed E-state index contributed by atoms with van der Waals surface area (Å²) in [4.78, 5) is 4.32. The van der Waals surface area contributed by atoms with E-state index in [9.17, 15) is 0 Å². The summed E-state index contributed by atoms with van der Waals surface area (Å²) in [6, 6.07) is 5.49. The lowest BCUT2D eigenvalue weighted by Gasteiger charge is -2.39. The van der Waals surface area contributed by atoms with Gasteiger partial charge in [0.25, 0.3) is 0 Å². The molecular weight excluding hydrogens is 210 g/mol. The maximum absolute atomic E-state index is 4.32. The van der Waals surface area contributed by atoms with Gasteiger partial charge in [-0.15, -0.1) is 0 Å². The molecule has 2 heterocycles. The van der Waals surface area contributed by atoms with E-state index >= 15 is 0 Å². The summed E-state index contributed by atoms with van der Waals surface area (Å²) in [7, 11) is 0. The van der Waals surface area contributed by atoms with Gasteiger partial charge in [0.05, 0.1) is 0 Å². The van der Waals surface area contributed by atoms with Gasteiger partial charge < -0.3 is 0 Å². The predicted molar refractivity (Wildman–Crippen MR) is 70.4 cm³/mol. The molecule has 2 atom stereocenters. The normalized spacial score (nSPS) is 26.1. The van der Waals surface area contributed by atoms with E-state index in [0.29, 0.717) is 12.1 Å². The molecule has 2 rings (SSSR count). The van der Waals surface area contributed by atoms with Gasteiger partial charge in [-0.05, 0) is 45.2 Å². The second-order valence-electron chi connectivity index (χ2n) is 5.18. The van der Waals surface area contributed by atoms with Crippen LogP contribution in [0.15, 0.2) is 18.3 Å². The molecule has 0 bridgehead atoms. The minimum atomic E-state index is 0.636. The van der Waals surface area contributed by atoms with Gasteiger partial charge in [0, 0.05) is 30.5 Å². The average Bonchev–Trinajstić information content (AvgIpc) is 2.31. The van der Waals surface area contributed by atoms with Gasteiger partial charge in [-0.25, -0.2) is 5.01 Å². The van der Waals surface area contributed by atoms with Crippen LogP contribution in [0.4, 0.5) is 0 Å². The number of hydrazine groups is 1. The second kappa shape index (κ2) is 5.61. The lowest BCUT2D eigenvalue weighted by molar-refractivity contribution is 0.0435. The van der Waals surface area contributed by atoms with Crippen LogP contribution in [0, 0.1) is 6.92 Å². The predicted octanol–water partition coefficient (Wildman–Crippen LogP) is 2.66. The third kappa shape index (κ3) is 3.27. The van der Waals surface area contributed by atoms with Crippen molar-refractivity contribution >= 4 is 0 Å². The van der Waals surface area contributed by atoms with Crippen LogP contribution in [0.2, 0.25) is 0 Å². The average molecular weight is 233 g/mol. The number of pyridine rings is 1. The quantitative estimate of drug-likeness (QED) is 0.870. The number of hydrogen-bond acceptors (Lipinski definition) is 3. The molecule has 17 heavy (non-hydrogen) atoms. The van der Waals surface area contributed by atoms with Crippen molar-refractivity contribution in [1.82, 2.24) is 15.4 Å². The molecule has 3 heteroatoms. The largest absolute Gasteiger partial charge is 0.261 e. The number of rotatable bonds is 3. The molecule has 0 aliphatic carbocycles. The lowest BCUT2D eigenvalue weighted by atomic mass is 10.00. The number of aromatic nitrogens is 1. The second-order valence-corrected chi connectivity index (χ2v) is 5.18. The van der Waals surface area contributed by atoms with E-state index in [1.165, 1.54) is 24.8 Å². The minimum Gasteiger partial charge on any atom is -0.261 e. The van der Waals surface area contributed by atoms with Crippen molar-refractivity contribution in [1.29, 1.82) is 0 Å². The summed E-state index contributed by atoms with van der Waals surface area (Å²) >= 11 is 0. The Morgan fingerprint density at radius 1 is 1.29 bits per heavy atom. The molecule has 1 aromatic rings. The van der Waals surface area contributed by atoms with Crippen molar-refractivity contribution in [2.75, 3.05) is 0 Å². The molecule has 0 amide bonds. The number of nitrogens with zero attached hydrogens (tertiary/aromatic N) is 2. The van der Waals surface area contributed by atoms with Crippen LogP contribution in [0.3, 0.4) is 0 Å². The molecule has 1 saturated heterocycles. The lowest BCUT2D eigenvalue weighted by Crippen LogP contribution is -2.51. The van der Waals surface area contributed by atoms with Crippen LogP contribution in [-0.2, 0) is 6.54 Å². The van der Waals surface area contributed by atoms with Crippen LogP contribution >= 0.6 is 0 Å². The Bertz CT molecular complexity index is 337. The number of nitrogens with one attached hydrogen (secondary N) is 1. The van der Waals surface area contributed by atoms with Crippen LogP contribution in [0.1, 0.15) is 44.4 Å². The van der Waals surface area contributed by atoms with Gasteiger partial charge in [0.15, 0.2) is 0 Å². The molecule has 1 fully saturated rings. The highest BCUT2D eigenvalue weighted by atomic mass is 15.5. The Morgan fingerprint density at radius 2 is 2.00 bits per heavy atom. The first-order valence-electron chi connectivity index (χ1n) is 6.60. The molecule has 1 aliphatic rings. The van der Waals surface area contributed by atoms with E-state index < -0.39 is 0 Å². The first-order chi connectivity index (χ1) is 8.16. The van der Waals surface area contributed by atoms with Crippen LogP contribution in [0.5, 0.6) is 0 Å². The third-order valence-corrected chi connectivity index (χ3v) is 3.63. The molecular formula is C14H23N3. The third-order valence-electron chi connectivity index (χ3n) is 3.63. The zero-order valence-electron chi connectivity index (χ0n) is 11.1. The Morgan fingerprint density at radius 3 is 2.59 bits per heavy atom. The van der Waals surface area contributed by atoms with Crippen molar-refractivity contribution in [3.63, 3.8) is 0 Å². The standard InChI is InChI=1S/C14H23N3/c1-11-7-8-14(9-15-11)10-16-17-12(2)5-4-6-13(17)3/h7-9,12-13,16H,4-6,10H2,1-3H3. The van der Waals surface area contributed by atoms with E-state index in [1.807, 2.05) is 13.1 Å². The van der Waals surface area contributed by atoms with Gasteiger partial charge >= 0.3 is 0 Å². The van der Waals surface area contributed by atoms with E-state index in [1.54, 1.807) is 0 Å². The Labute approximate surface area is 104 Å². The molecule has 1 aliphatic heterocycles. The monoisotopic (exact) mass is 233 g/mol. The van der Waals surface area contributed by atoms with Crippen molar-refractivity contribution in [3.05, 3.63) is 29.6 Å². The summed E-state index contributed by atoms with van der Waals surface area (Å²) in [5, 5.41) is 2.41. The van der Waals surface area contributed by atoms with Gasteiger partial charge in [-0.2, -0.15) is 0 Å². The van der Waals surface area contributed by atoms with E-state index in [4.69, 9.17) is 0 Å². The van der Waals surface area contributed by atoms with E-state index in [-0.39, 0.29) is 0 Å². The van der Waals surface area contributed by atoms with Crippen molar-refractivity contribution < 1.29 is 0 Å². The van der Waals surface area contributed by atoms with Gasteiger partial charge in [-0.3, -0.25) is 10.4 Å². The molecule has 0 radical (unpaired) electrons. The maximum atomic E-state index is 4.32. The molecule has 0 aromatic carbocycles. The van der Waals surface area contributed by atoms with Crippen LogP contribution in [-0.4, -0.2) is 22.1 Å². The van der Waals surface area contributed by atoms with Gasteiger partial charge in [-0.1, -0.05) is 12.5 Å². The smallest absolute Gasteiger partial charge is 0.0372 e. The number of piperidine rings is 1. The molecule has 2 unspecified atom stereocenters. The highest BCUT2D eigenvalue weighted by Gasteiger charge is 2.23. The topological polar surface area (TPSA) is 28.2 Å². The van der Waals surface area contributed by atoms with Crippen molar-refractivity contribution in [2.45, 2.75) is 58.7 Å². The highest BCUT2D eigenvalue weighted by molar-refractivity contribution is 5.12. The fourth-order valence-electron chi connectivity index (χ4n) is 2.52. The van der Waals surface area contributed by atoms with E-state index in [2.05, 4.69) is 41.4 Å². The van der Waals surface area contributed by atoms with Crippen molar-refractivity contribution in [3.8, 4) is 0 Å². The summed E-state index contributed by atoms with van der Waals surface area (Å²) in [6.45, 7) is 7.50. The fraction of sp³-hybridized carbons (Fsp3) is 0.643. The molecule has 1 aromatic heterocycles. The van der Waals surface area contributed by atoms with Gasteiger partial charge in [0.1, 0.15) is 0 Å². The summed E-state index contributed by atoms with van der Waals surface area (Å²) in [6.07, 6.45) is 5.90. The Kier molecular flexibility index (Phi) is 4.13. The first-order valence-corrected chi connectivity index (χ1v) is 6.60. The summed E-state index contributed by atoms with van der Waals surface area (Å²) in [5.74, 6) is 0.